The molecule has 22 heavy (non-hydrogen) atoms. The molecule has 0 aromatic heterocycles. The van der Waals surface area contributed by atoms with E-state index in [0.717, 1.165) is 32.1 Å². The fraction of sp³-hybridized carbons (Fsp3) is 0.882. The standard InChI is InChI=1S/C17H27NO4/c1-15(2,3)13-12-21-17(7-5-4-6-8-17)22-16(13,9-10-18)11-14(19)20/h13H,4-9,11-12H2,1-3H3,(H,19,20)/t13-,16+/m0/s1. The minimum absolute atomic E-state index is 0.0896. The summed E-state index contributed by atoms with van der Waals surface area (Å²) in [5.74, 6) is -1.73. The number of aliphatic carboxylic acids is 1. The van der Waals surface area contributed by atoms with Gasteiger partial charge in [-0.25, -0.2) is 0 Å². The van der Waals surface area contributed by atoms with Crippen LogP contribution in [0, 0.1) is 22.7 Å². The lowest BCUT2D eigenvalue weighted by Gasteiger charge is -2.55. The lowest BCUT2D eigenvalue weighted by molar-refractivity contribution is -0.366. The summed E-state index contributed by atoms with van der Waals surface area (Å²) in [6, 6.07) is 2.16. The minimum atomic E-state index is -0.964. The lowest BCUT2D eigenvalue weighted by Crippen LogP contribution is -2.61. The molecule has 5 heteroatoms. The van der Waals surface area contributed by atoms with Crippen molar-refractivity contribution >= 4 is 5.97 Å². The summed E-state index contributed by atoms with van der Waals surface area (Å²) < 4.78 is 12.5. The van der Waals surface area contributed by atoms with Crippen LogP contribution in [0.25, 0.3) is 0 Å². The van der Waals surface area contributed by atoms with E-state index in [4.69, 9.17) is 9.47 Å². The number of rotatable bonds is 3. The number of ether oxygens (including phenoxy) is 2. The molecule has 5 nitrogen and oxygen atoms in total. The summed E-state index contributed by atoms with van der Waals surface area (Å²) >= 11 is 0. The van der Waals surface area contributed by atoms with Crippen molar-refractivity contribution in [2.75, 3.05) is 6.61 Å². The van der Waals surface area contributed by atoms with Crippen LogP contribution in [0.15, 0.2) is 0 Å². The molecular weight excluding hydrogens is 282 g/mol. The third-order valence-electron chi connectivity index (χ3n) is 5.03. The fourth-order valence-electron chi connectivity index (χ4n) is 4.00. The molecular formula is C17H27NO4. The van der Waals surface area contributed by atoms with Gasteiger partial charge in [0.1, 0.15) is 5.60 Å². The van der Waals surface area contributed by atoms with Crippen molar-refractivity contribution in [1.82, 2.24) is 0 Å². The molecule has 1 saturated heterocycles. The van der Waals surface area contributed by atoms with Gasteiger partial charge in [0.15, 0.2) is 5.79 Å². The number of carboxylic acid groups (broad SMARTS) is 1. The number of nitrogens with zero attached hydrogens (tertiary/aromatic N) is 1. The van der Waals surface area contributed by atoms with E-state index in [1.807, 2.05) is 0 Å². The van der Waals surface area contributed by atoms with Crippen LogP contribution >= 0.6 is 0 Å². The second-order valence-electron chi connectivity index (χ2n) is 7.77. The zero-order valence-electron chi connectivity index (χ0n) is 13.9. The van der Waals surface area contributed by atoms with E-state index < -0.39 is 17.4 Å². The highest BCUT2D eigenvalue weighted by atomic mass is 16.7. The van der Waals surface area contributed by atoms with Crippen LogP contribution in [0.4, 0.5) is 0 Å². The second-order valence-corrected chi connectivity index (χ2v) is 7.77. The number of hydrogen-bond acceptors (Lipinski definition) is 4. The molecule has 2 aliphatic rings. The fourth-order valence-corrected chi connectivity index (χ4v) is 4.00. The van der Waals surface area contributed by atoms with Crippen molar-refractivity contribution in [3.8, 4) is 6.07 Å². The summed E-state index contributed by atoms with van der Waals surface area (Å²) in [6.07, 6.45) is 4.72. The average molecular weight is 309 g/mol. The predicted molar refractivity (Wildman–Crippen MR) is 81.0 cm³/mol. The Morgan fingerprint density at radius 3 is 2.45 bits per heavy atom. The van der Waals surface area contributed by atoms with Gasteiger partial charge in [0.25, 0.3) is 0 Å². The highest BCUT2D eigenvalue weighted by molar-refractivity contribution is 5.68. The first kappa shape index (κ1) is 17.2. The van der Waals surface area contributed by atoms with E-state index in [2.05, 4.69) is 26.8 Å². The van der Waals surface area contributed by atoms with E-state index in [-0.39, 0.29) is 24.2 Å². The Bertz CT molecular complexity index is 456. The second kappa shape index (κ2) is 6.17. The zero-order valence-corrected chi connectivity index (χ0v) is 13.9. The Hall–Kier alpha value is -1.12. The topological polar surface area (TPSA) is 79.5 Å². The molecule has 1 N–H and O–H groups in total. The van der Waals surface area contributed by atoms with Gasteiger partial charge in [0.05, 0.1) is 25.5 Å². The van der Waals surface area contributed by atoms with Crippen molar-refractivity contribution in [2.45, 2.75) is 77.1 Å². The van der Waals surface area contributed by atoms with E-state index in [9.17, 15) is 15.2 Å². The van der Waals surface area contributed by atoms with E-state index in [1.54, 1.807) is 0 Å². The van der Waals surface area contributed by atoms with Crippen LogP contribution in [-0.2, 0) is 14.3 Å². The maximum atomic E-state index is 11.5. The first-order chi connectivity index (χ1) is 10.2. The van der Waals surface area contributed by atoms with Gasteiger partial charge in [-0.15, -0.1) is 0 Å². The summed E-state index contributed by atoms with van der Waals surface area (Å²) in [6.45, 7) is 6.62. The molecule has 0 aromatic carbocycles. The zero-order chi connectivity index (χ0) is 16.4. The summed E-state index contributed by atoms with van der Waals surface area (Å²) in [4.78, 5) is 11.5. The van der Waals surface area contributed by atoms with Gasteiger partial charge in [-0.05, 0) is 18.3 Å². The monoisotopic (exact) mass is 309 g/mol. The number of nitriles is 1. The van der Waals surface area contributed by atoms with Crippen molar-refractivity contribution in [3.63, 3.8) is 0 Å². The van der Waals surface area contributed by atoms with Gasteiger partial charge in [0, 0.05) is 18.8 Å². The highest BCUT2D eigenvalue weighted by Crippen LogP contribution is 2.50. The van der Waals surface area contributed by atoms with Crippen molar-refractivity contribution in [3.05, 3.63) is 0 Å². The summed E-state index contributed by atoms with van der Waals surface area (Å²) in [5, 5.41) is 18.7. The van der Waals surface area contributed by atoms with Crippen LogP contribution in [0.1, 0.15) is 65.7 Å². The molecule has 1 aliphatic carbocycles. The largest absolute Gasteiger partial charge is 0.481 e. The molecule has 0 radical (unpaired) electrons. The molecule has 1 aliphatic heterocycles. The van der Waals surface area contributed by atoms with E-state index in [0.29, 0.717) is 6.61 Å². The van der Waals surface area contributed by atoms with Gasteiger partial charge in [-0.1, -0.05) is 27.2 Å². The maximum absolute atomic E-state index is 11.5. The van der Waals surface area contributed by atoms with Gasteiger partial charge in [0.2, 0.25) is 0 Å². The Labute approximate surface area is 132 Å². The third-order valence-corrected chi connectivity index (χ3v) is 5.03. The molecule has 0 amide bonds. The lowest BCUT2D eigenvalue weighted by atomic mass is 9.67. The van der Waals surface area contributed by atoms with Crippen LogP contribution < -0.4 is 0 Å². The summed E-state index contributed by atoms with van der Waals surface area (Å²) in [7, 11) is 0. The predicted octanol–water partition coefficient (Wildman–Crippen LogP) is 3.48. The van der Waals surface area contributed by atoms with Crippen LogP contribution in [0.5, 0.6) is 0 Å². The molecule has 2 rings (SSSR count). The van der Waals surface area contributed by atoms with Crippen molar-refractivity contribution in [1.29, 1.82) is 5.26 Å². The molecule has 1 saturated carbocycles. The first-order valence-corrected chi connectivity index (χ1v) is 8.16. The molecule has 2 fully saturated rings. The van der Waals surface area contributed by atoms with Gasteiger partial charge >= 0.3 is 5.97 Å². The van der Waals surface area contributed by atoms with Crippen molar-refractivity contribution in [2.24, 2.45) is 11.3 Å². The normalized spacial score (nSPS) is 31.6. The quantitative estimate of drug-likeness (QED) is 0.863. The minimum Gasteiger partial charge on any atom is -0.481 e. The molecule has 2 atom stereocenters. The Morgan fingerprint density at radius 1 is 1.32 bits per heavy atom. The Morgan fingerprint density at radius 2 is 1.95 bits per heavy atom. The van der Waals surface area contributed by atoms with Gasteiger partial charge < -0.3 is 14.6 Å². The van der Waals surface area contributed by atoms with Crippen molar-refractivity contribution < 1.29 is 19.4 Å². The Balaban J connectivity index is 2.37. The maximum Gasteiger partial charge on any atom is 0.306 e. The third kappa shape index (κ3) is 3.44. The number of hydrogen-bond donors (Lipinski definition) is 1. The molecule has 1 spiro atoms. The highest BCUT2D eigenvalue weighted by Gasteiger charge is 2.56. The van der Waals surface area contributed by atoms with Crippen LogP contribution in [-0.4, -0.2) is 29.1 Å². The van der Waals surface area contributed by atoms with Crippen LogP contribution in [0.3, 0.4) is 0 Å². The van der Waals surface area contributed by atoms with Gasteiger partial charge in [-0.3, -0.25) is 4.79 Å². The number of carbonyl (C=O) groups is 1. The SMILES string of the molecule is CC(C)(C)[C@@H]1COC2(CCCCC2)O[C@]1(CC#N)CC(=O)O. The molecule has 0 aromatic rings. The molecule has 0 bridgehead atoms. The Kier molecular flexibility index (Phi) is 4.84. The molecule has 1 heterocycles. The molecule has 124 valence electrons. The van der Waals surface area contributed by atoms with Gasteiger partial charge in [-0.2, -0.15) is 5.26 Å². The average Bonchev–Trinajstić information content (AvgIpc) is 2.37. The van der Waals surface area contributed by atoms with Crippen LogP contribution in [0.2, 0.25) is 0 Å². The first-order valence-electron chi connectivity index (χ1n) is 8.16. The van der Waals surface area contributed by atoms with E-state index >= 15 is 0 Å². The molecule has 0 unspecified atom stereocenters. The summed E-state index contributed by atoms with van der Waals surface area (Å²) in [5.41, 5.74) is -1.16. The van der Waals surface area contributed by atoms with E-state index in [1.165, 1.54) is 0 Å². The smallest absolute Gasteiger partial charge is 0.306 e. The number of carboxylic acids is 1.